The van der Waals surface area contributed by atoms with Crippen LogP contribution in [-0.4, -0.2) is 57.8 Å². The summed E-state index contributed by atoms with van der Waals surface area (Å²) < 4.78 is 45.4. The number of aliphatic hydroxyl groups is 1. The van der Waals surface area contributed by atoms with Crippen LogP contribution in [0.15, 0.2) is 53.4 Å². The Hall–Kier alpha value is -2.16. The van der Waals surface area contributed by atoms with Crippen molar-refractivity contribution in [2.45, 2.75) is 49.5 Å². The number of anilines is 1. The first-order valence-corrected chi connectivity index (χ1v) is 12.7. The van der Waals surface area contributed by atoms with Crippen molar-refractivity contribution in [1.29, 1.82) is 0 Å². The van der Waals surface area contributed by atoms with Crippen LogP contribution in [0, 0.1) is 5.82 Å². The SMILES string of the molecule is CN(c1ccc(OCCCCCCN2CCC(O)CC2)cc1)S(=O)(=O)c1ccc(F)cc1. The number of aliphatic hydroxyl groups excluding tert-OH is 1. The maximum atomic E-state index is 13.1. The van der Waals surface area contributed by atoms with E-state index in [9.17, 15) is 17.9 Å². The van der Waals surface area contributed by atoms with Crippen LogP contribution in [0.4, 0.5) is 10.1 Å². The lowest BCUT2D eigenvalue weighted by Crippen LogP contribution is -2.36. The van der Waals surface area contributed by atoms with Crippen LogP contribution < -0.4 is 9.04 Å². The first-order chi connectivity index (χ1) is 15.4. The molecular formula is C24H33FN2O4S. The highest BCUT2D eigenvalue weighted by Crippen LogP contribution is 2.24. The molecule has 0 aromatic heterocycles. The smallest absolute Gasteiger partial charge is 0.264 e. The molecule has 176 valence electrons. The molecule has 1 aliphatic heterocycles. The van der Waals surface area contributed by atoms with E-state index in [-0.39, 0.29) is 11.0 Å². The number of sulfonamides is 1. The molecule has 2 aromatic carbocycles. The van der Waals surface area contributed by atoms with Gasteiger partial charge in [-0.1, -0.05) is 12.8 Å². The number of unbranched alkanes of at least 4 members (excludes halogenated alkanes) is 3. The summed E-state index contributed by atoms with van der Waals surface area (Å²) in [5.74, 6) is 0.226. The van der Waals surface area contributed by atoms with Gasteiger partial charge in [-0.25, -0.2) is 12.8 Å². The first kappa shape index (κ1) is 24.5. The minimum absolute atomic E-state index is 0.0413. The van der Waals surface area contributed by atoms with Gasteiger partial charge in [0.15, 0.2) is 0 Å². The van der Waals surface area contributed by atoms with Crippen molar-refractivity contribution in [3.63, 3.8) is 0 Å². The van der Waals surface area contributed by atoms with Gasteiger partial charge in [0.25, 0.3) is 10.0 Å². The van der Waals surface area contributed by atoms with Crippen LogP contribution in [0.25, 0.3) is 0 Å². The molecule has 0 amide bonds. The van der Waals surface area contributed by atoms with E-state index in [0.29, 0.717) is 18.0 Å². The predicted octanol–water partition coefficient (Wildman–Crippen LogP) is 4.05. The number of hydrogen-bond donors (Lipinski definition) is 1. The number of rotatable bonds is 11. The summed E-state index contributed by atoms with van der Waals surface area (Å²) in [5, 5.41) is 9.54. The van der Waals surface area contributed by atoms with Gasteiger partial charge in [0.2, 0.25) is 0 Å². The second kappa shape index (κ2) is 11.6. The highest BCUT2D eigenvalue weighted by molar-refractivity contribution is 7.92. The lowest BCUT2D eigenvalue weighted by Gasteiger charge is -2.29. The van der Waals surface area contributed by atoms with Crippen LogP contribution in [0.5, 0.6) is 5.75 Å². The van der Waals surface area contributed by atoms with Crippen LogP contribution in [0.1, 0.15) is 38.5 Å². The van der Waals surface area contributed by atoms with Crippen molar-refractivity contribution in [2.24, 2.45) is 0 Å². The summed E-state index contributed by atoms with van der Waals surface area (Å²) in [5.41, 5.74) is 0.506. The Morgan fingerprint density at radius 2 is 1.62 bits per heavy atom. The molecule has 0 saturated carbocycles. The summed E-state index contributed by atoms with van der Waals surface area (Å²) in [6, 6.07) is 11.7. The molecule has 0 spiro atoms. The highest BCUT2D eigenvalue weighted by atomic mass is 32.2. The Morgan fingerprint density at radius 1 is 1.00 bits per heavy atom. The zero-order valence-corrected chi connectivity index (χ0v) is 19.4. The van der Waals surface area contributed by atoms with E-state index in [2.05, 4.69) is 4.90 Å². The number of piperidine rings is 1. The molecule has 1 aliphatic rings. The van der Waals surface area contributed by atoms with E-state index in [4.69, 9.17) is 4.74 Å². The summed E-state index contributed by atoms with van der Waals surface area (Å²) >= 11 is 0. The molecule has 0 aliphatic carbocycles. The zero-order chi connectivity index (χ0) is 23.0. The van der Waals surface area contributed by atoms with Crippen molar-refractivity contribution in [3.05, 3.63) is 54.3 Å². The summed E-state index contributed by atoms with van der Waals surface area (Å²) in [6.45, 7) is 3.73. The Balaban J connectivity index is 1.37. The molecule has 1 fully saturated rings. The number of nitrogens with zero attached hydrogens (tertiary/aromatic N) is 2. The average Bonchev–Trinajstić information content (AvgIpc) is 2.80. The Bertz CT molecular complexity index is 927. The Morgan fingerprint density at radius 3 is 2.28 bits per heavy atom. The fourth-order valence-corrected chi connectivity index (χ4v) is 4.98. The largest absolute Gasteiger partial charge is 0.494 e. The standard InChI is InChI=1S/C24H33FN2O4S/c1-26(32(29,30)24-12-6-20(25)7-13-24)21-8-10-23(11-9-21)31-19-5-3-2-4-16-27-17-14-22(28)15-18-27/h6-13,22,28H,2-5,14-19H2,1H3. The molecule has 1 saturated heterocycles. The Kier molecular flexibility index (Phi) is 8.90. The highest BCUT2D eigenvalue weighted by Gasteiger charge is 2.21. The number of benzene rings is 2. The molecule has 32 heavy (non-hydrogen) atoms. The van der Waals surface area contributed by atoms with E-state index in [1.54, 1.807) is 24.3 Å². The van der Waals surface area contributed by atoms with E-state index in [0.717, 1.165) is 63.9 Å². The quantitative estimate of drug-likeness (QED) is 0.508. The first-order valence-electron chi connectivity index (χ1n) is 11.2. The number of halogens is 1. The molecule has 2 aromatic rings. The van der Waals surface area contributed by atoms with Gasteiger partial charge in [0, 0.05) is 20.1 Å². The maximum Gasteiger partial charge on any atom is 0.264 e. The predicted molar refractivity (Wildman–Crippen MR) is 124 cm³/mol. The fourth-order valence-electron chi connectivity index (χ4n) is 3.78. The minimum Gasteiger partial charge on any atom is -0.494 e. The molecule has 1 heterocycles. The molecular weight excluding hydrogens is 431 g/mol. The molecule has 0 bridgehead atoms. The summed E-state index contributed by atoms with van der Waals surface area (Å²) in [4.78, 5) is 2.47. The second-order valence-corrected chi connectivity index (χ2v) is 10.2. The van der Waals surface area contributed by atoms with Crippen LogP contribution in [0.3, 0.4) is 0 Å². The lowest BCUT2D eigenvalue weighted by atomic mass is 10.1. The topological polar surface area (TPSA) is 70.1 Å². The number of hydrogen-bond acceptors (Lipinski definition) is 5. The molecule has 0 atom stereocenters. The second-order valence-electron chi connectivity index (χ2n) is 8.26. The molecule has 1 N–H and O–H groups in total. The zero-order valence-electron chi connectivity index (χ0n) is 18.6. The van der Waals surface area contributed by atoms with Gasteiger partial charge in [-0.2, -0.15) is 0 Å². The third-order valence-corrected chi connectivity index (χ3v) is 7.67. The summed E-state index contributed by atoms with van der Waals surface area (Å²) in [7, 11) is -2.28. The van der Waals surface area contributed by atoms with Gasteiger partial charge in [0.1, 0.15) is 11.6 Å². The van der Waals surface area contributed by atoms with Gasteiger partial charge in [-0.3, -0.25) is 4.31 Å². The van der Waals surface area contributed by atoms with E-state index in [1.807, 2.05) is 0 Å². The van der Waals surface area contributed by atoms with Crippen molar-refractivity contribution < 1.29 is 22.7 Å². The van der Waals surface area contributed by atoms with Crippen molar-refractivity contribution in [2.75, 3.05) is 37.6 Å². The van der Waals surface area contributed by atoms with E-state index in [1.165, 1.54) is 29.9 Å². The van der Waals surface area contributed by atoms with Crippen molar-refractivity contribution in [3.8, 4) is 5.75 Å². The number of ether oxygens (including phenoxy) is 1. The van der Waals surface area contributed by atoms with E-state index < -0.39 is 15.8 Å². The molecule has 0 radical (unpaired) electrons. The normalized spacial score (nSPS) is 15.6. The maximum absolute atomic E-state index is 13.1. The van der Waals surface area contributed by atoms with Crippen molar-refractivity contribution >= 4 is 15.7 Å². The average molecular weight is 465 g/mol. The molecule has 8 heteroatoms. The van der Waals surface area contributed by atoms with E-state index >= 15 is 0 Å². The lowest BCUT2D eigenvalue weighted by molar-refractivity contribution is 0.0817. The van der Waals surface area contributed by atoms with Crippen LogP contribution in [-0.2, 0) is 10.0 Å². The summed E-state index contributed by atoms with van der Waals surface area (Å²) in [6.07, 6.45) is 6.07. The number of likely N-dealkylation sites (tertiary alicyclic amines) is 1. The van der Waals surface area contributed by atoms with Gasteiger partial charge in [-0.05, 0) is 80.8 Å². The van der Waals surface area contributed by atoms with Gasteiger partial charge >= 0.3 is 0 Å². The van der Waals surface area contributed by atoms with Gasteiger partial charge in [0.05, 0.1) is 23.3 Å². The third-order valence-electron chi connectivity index (χ3n) is 5.87. The third kappa shape index (κ3) is 6.92. The molecule has 6 nitrogen and oxygen atoms in total. The van der Waals surface area contributed by atoms with Gasteiger partial charge in [-0.15, -0.1) is 0 Å². The molecule has 0 unspecified atom stereocenters. The van der Waals surface area contributed by atoms with Crippen molar-refractivity contribution in [1.82, 2.24) is 4.90 Å². The Labute approximate surface area is 190 Å². The van der Waals surface area contributed by atoms with Crippen LogP contribution in [0.2, 0.25) is 0 Å². The van der Waals surface area contributed by atoms with Crippen LogP contribution >= 0.6 is 0 Å². The van der Waals surface area contributed by atoms with Gasteiger partial charge < -0.3 is 14.7 Å². The molecule has 3 rings (SSSR count). The monoisotopic (exact) mass is 464 g/mol. The minimum atomic E-state index is -3.75. The fraction of sp³-hybridized carbons (Fsp3) is 0.500.